The number of esters is 1. The molecule has 9 nitrogen and oxygen atoms in total. The molecule has 3 amide bonds. The fraction of sp³-hybridized carbons (Fsp3) is 0.300. The van der Waals surface area contributed by atoms with E-state index in [4.69, 9.17) is 37.4 Å². The Morgan fingerprint density at radius 2 is 1.66 bits per heavy atom. The van der Waals surface area contributed by atoms with Crippen molar-refractivity contribution in [3.05, 3.63) is 87.4 Å². The minimum atomic E-state index is -0.568. The van der Waals surface area contributed by atoms with E-state index < -0.39 is 5.97 Å². The number of nitrogens with one attached hydrogen (secondary N) is 2. The quantitative estimate of drug-likeness (QED) is 0.293. The Hall–Kier alpha value is -3.79. The predicted octanol–water partition coefficient (Wildman–Crippen LogP) is 5.97. The number of para-hydroxylation sites is 1. The number of hydrogen-bond donors (Lipinski definition) is 2. The molecule has 1 saturated heterocycles. The van der Waals surface area contributed by atoms with Gasteiger partial charge in [0, 0.05) is 25.0 Å². The number of rotatable bonds is 9. The van der Waals surface area contributed by atoms with E-state index in [1.54, 1.807) is 36.3 Å². The van der Waals surface area contributed by atoms with Gasteiger partial charge in [-0.3, -0.25) is 4.79 Å². The molecule has 0 saturated carbocycles. The van der Waals surface area contributed by atoms with Crippen LogP contribution < -0.4 is 15.4 Å². The number of carbonyl (C=O) groups excluding carboxylic acids is 3. The number of amides is 3. The SMILES string of the molecule is COC(=O)c1cc(Cl)c(OCC2C(OC)CCN2C(=O)Cc2ccc(NC(=O)Nc3ccccc3C)cc2)c(Cl)c1. The zero-order chi connectivity index (χ0) is 29.5. The van der Waals surface area contributed by atoms with Crippen LogP contribution in [0.3, 0.4) is 0 Å². The summed E-state index contributed by atoms with van der Waals surface area (Å²) in [5.41, 5.74) is 3.29. The van der Waals surface area contributed by atoms with E-state index in [1.807, 2.05) is 31.2 Å². The van der Waals surface area contributed by atoms with Crippen molar-refractivity contribution >= 4 is 52.5 Å². The summed E-state index contributed by atoms with van der Waals surface area (Å²) in [6.07, 6.45) is 0.583. The topological polar surface area (TPSA) is 106 Å². The van der Waals surface area contributed by atoms with Crippen LogP contribution in [0.1, 0.15) is 27.9 Å². The summed E-state index contributed by atoms with van der Waals surface area (Å²) in [7, 11) is 2.86. The molecule has 4 rings (SSSR count). The first-order valence-electron chi connectivity index (χ1n) is 12.9. The second-order valence-electron chi connectivity index (χ2n) is 9.56. The molecule has 0 radical (unpaired) electrons. The van der Waals surface area contributed by atoms with Crippen LogP contribution in [0.4, 0.5) is 16.2 Å². The van der Waals surface area contributed by atoms with Gasteiger partial charge in [-0.1, -0.05) is 53.5 Å². The minimum Gasteiger partial charge on any atom is -0.488 e. The van der Waals surface area contributed by atoms with Crippen LogP contribution in [0, 0.1) is 6.92 Å². The highest BCUT2D eigenvalue weighted by molar-refractivity contribution is 6.37. The van der Waals surface area contributed by atoms with Crippen molar-refractivity contribution in [3.63, 3.8) is 0 Å². The molecule has 11 heteroatoms. The number of urea groups is 1. The molecule has 1 aliphatic rings. The second kappa shape index (κ2) is 13.7. The molecule has 0 bridgehead atoms. The van der Waals surface area contributed by atoms with Crippen LogP contribution in [0.2, 0.25) is 10.0 Å². The first-order chi connectivity index (χ1) is 19.7. The molecule has 2 unspecified atom stereocenters. The highest BCUT2D eigenvalue weighted by atomic mass is 35.5. The zero-order valence-corrected chi connectivity index (χ0v) is 24.4. The summed E-state index contributed by atoms with van der Waals surface area (Å²) in [5.74, 6) is -0.444. The molecular weight excluding hydrogens is 569 g/mol. The highest BCUT2D eigenvalue weighted by Gasteiger charge is 2.38. The smallest absolute Gasteiger partial charge is 0.337 e. The number of halogens is 2. The van der Waals surface area contributed by atoms with Crippen LogP contribution in [0.15, 0.2) is 60.7 Å². The molecule has 3 aromatic carbocycles. The minimum absolute atomic E-state index is 0.0885. The third-order valence-corrected chi connectivity index (χ3v) is 7.45. The van der Waals surface area contributed by atoms with Crippen LogP contribution in [0.25, 0.3) is 0 Å². The Morgan fingerprint density at radius 1 is 0.976 bits per heavy atom. The maximum absolute atomic E-state index is 13.3. The molecule has 1 fully saturated rings. The van der Waals surface area contributed by atoms with Crippen LogP contribution in [-0.4, -0.2) is 62.3 Å². The Morgan fingerprint density at radius 3 is 2.29 bits per heavy atom. The number of benzene rings is 3. The fourth-order valence-electron chi connectivity index (χ4n) is 4.69. The molecule has 216 valence electrons. The Labute approximate surface area is 248 Å². The Bertz CT molecular complexity index is 1390. The summed E-state index contributed by atoms with van der Waals surface area (Å²) >= 11 is 12.7. The molecule has 3 aromatic rings. The van der Waals surface area contributed by atoms with Crippen LogP contribution >= 0.6 is 23.2 Å². The van der Waals surface area contributed by atoms with Crippen molar-refractivity contribution in [2.75, 3.05) is 38.0 Å². The van der Waals surface area contributed by atoms with Crippen molar-refractivity contribution in [1.29, 1.82) is 0 Å². The molecule has 2 N–H and O–H groups in total. The number of carbonyl (C=O) groups is 3. The zero-order valence-electron chi connectivity index (χ0n) is 22.9. The summed E-state index contributed by atoms with van der Waals surface area (Å²) in [4.78, 5) is 39.3. The maximum Gasteiger partial charge on any atom is 0.337 e. The number of anilines is 2. The lowest BCUT2D eigenvalue weighted by Crippen LogP contribution is -2.44. The molecule has 0 aromatic heterocycles. The molecule has 0 spiro atoms. The summed E-state index contributed by atoms with van der Waals surface area (Å²) in [6, 6.07) is 16.7. The van der Waals surface area contributed by atoms with Crippen molar-refractivity contribution in [2.45, 2.75) is 31.9 Å². The van der Waals surface area contributed by atoms with Crippen molar-refractivity contribution in [3.8, 4) is 5.75 Å². The fourth-order valence-corrected chi connectivity index (χ4v) is 5.29. The van der Waals surface area contributed by atoms with E-state index in [1.165, 1.54) is 19.2 Å². The van der Waals surface area contributed by atoms with Crippen molar-refractivity contribution < 1.29 is 28.6 Å². The van der Waals surface area contributed by atoms with Gasteiger partial charge in [0.25, 0.3) is 0 Å². The van der Waals surface area contributed by atoms with Gasteiger partial charge in [-0.2, -0.15) is 0 Å². The average Bonchev–Trinajstić information content (AvgIpc) is 3.37. The third kappa shape index (κ3) is 7.49. The second-order valence-corrected chi connectivity index (χ2v) is 10.4. The number of nitrogens with zero attached hydrogens (tertiary/aromatic N) is 1. The van der Waals surface area contributed by atoms with Gasteiger partial charge in [0.15, 0.2) is 5.75 Å². The predicted molar refractivity (Wildman–Crippen MR) is 158 cm³/mol. The van der Waals surface area contributed by atoms with E-state index in [9.17, 15) is 14.4 Å². The first kappa shape index (κ1) is 30.2. The number of hydrogen-bond acceptors (Lipinski definition) is 6. The third-order valence-electron chi connectivity index (χ3n) is 6.89. The number of ether oxygens (including phenoxy) is 3. The first-order valence-corrected chi connectivity index (χ1v) is 13.7. The van der Waals surface area contributed by atoms with Crippen molar-refractivity contribution in [2.24, 2.45) is 0 Å². The number of aryl methyl sites for hydroxylation is 1. The van der Waals surface area contributed by atoms with E-state index in [0.29, 0.717) is 18.7 Å². The monoisotopic (exact) mass is 599 g/mol. The lowest BCUT2D eigenvalue weighted by Gasteiger charge is -2.28. The normalized spacial score (nSPS) is 16.3. The Balaban J connectivity index is 1.37. The van der Waals surface area contributed by atoms with Crippen molar-refractivity contribution in [1.82, 2.24) is 4.90 Å². The van der Waals surface area contributed by atoms with Gasteiger partial charge in [-0.15, -0.1) is 0 Å². The molecule has 0 aliphatic carbocycles. The molecule has 1 heterocycles. The van der Waals surface area contributed by atoms with E-state index in [-0.39, 0.29) is 58.5 Å². The van der Waals surface area contributed by atoms with E-state index in [0.717, 1.165) is 16.8 Å². The van der Waals surface area contributed by atoms with Crippen LogP contribution in [0.5, 0.6) is 5.75 Å². The van der Waals surface area contributed by atoms with Gasteiger partial charge in [0.2, 0.25) is 5.91 Å². The Kier molecular flexibility index (Phi) is 10.1. The van der Waals surface area contributed by atoms with Gasteiger partial charge in [-0.25, -0.2) is 9.59 Å². The summed E-state index contributed by atoms with van der Waals surface area (Å²) in [5, 5.41) is 5.94. The number of likely N-dealkylation sites (tertiary alicyclic amines) is 1. The van der Waals surface area contributed by atoms with Crippen LogP contribution in [-0.2, 0) is 20.7 Å². The van der Waals surface area contributed by atoms with Gasteiger partial charge in [-0.05, 0) is 54.8 Å². The lowest BCUT2D eigenvalue weighted by atomic mass is 10.1. The molecule has 1 aliphatic heterocycles. The standard InChI is InChI=1S/C30H31Cl2N3O6/c1-18-6-4-5-7-24(18)34-30(38)33-21-10-8-19(9-11-21)14-27(36)35-13-12-26(39-2)25(35)17-41-28-22(31)15-20(16-23(28)32)29(37)40-3/h4-11,15-16,25-26H,12-14,17H2,1-3H3,(H2,33,34,38). The van der Waals surface area contributed by atoms with E-state index >= 15 is 0 Å². The highest BCUT2D eigenvalue weighted by Crippen LogP contribution is 2.35. The maximum atomic E-state index is 13.3. The molecule has 2 atom stereocenters. The average molecular weight is 600 g/mol. The summed E-state index contributed by atoms with van der Waals surface area (Å²) < 4.78 is 16.3. The lowest BCUT2D eigenvalue weighted by molar-refractivity contribution is -0.133. The number of methoxy groups -OCH3 is 2. The van der Waals surface area contributed by atoms with E-state index in [2.05, 4.69) is 10.6 Å². The molecule has 41 heavy (non-hydrogen) atoms. The van der Waals surface area contributed by atoms with Gasteiger partial charge >= 0.3 is 12.0 Å². The molecular formula is C30H31Cl2N3O6. The summed E-state index contributed by atoms with van der Waals surface area (Å²) in [6.45, 7) is 2.52. The van der Waals surface area contributed by atoms with Gasteiger partial charge in [0.1, 0.15) is 6.61 Å². The van der Waals surface area contributed by atoms with Gasteiger partial charge in [0.05, 0.1) is 41.3 Å². The van der Waals surface area contributed by atoms with Gasteiger partial charge < -0.3 is 29.7 Å². The largest absolute Gasteiger partial charge is 0.488 e.